The monoisotopic (exact) mass is 460 g/mol. The molecule has 3 rings (SSSR count). The highest BCUT2D eigenvalue weighted by molar-refractivity contribution is 6.50. The van der Waals surface area contributed by atoms with Crippen LogP contribution in [0.2, 0.25) is 5.02 Å². The Balaban J connectivity index is 2.02. The summed E-state index contributed by atoms with van der Waals surface area (Å²) in [5.41, 5.74) is 1.23. The van der Waals surface area contributed by atoms with E-state index in [0.29, 0.717) is 17.4 Å². The van der Waals surface area contributed by atoms with Gasteiger partial charge in [0.25, 0.3) is 0 Å². The molecule has 4 nitrogen and oxygen atoms in total. The maximum Gasteiger partial charge on any atom is 0.181 e. The second kappa shape index (κ2) is 8.90. The first kappa shape index (κ1) is 21.9. The number of nitriles is 2. The fourth-order valence-corrected chi connectivity index (χ4v) is 4.02. The van der Waals surface area contributed by atoms with Gasteiger partial charge in [0.1, 0.15) is 12.0 Å². The summed E-state index contributed by atoms with van der Waals surface area (Å²) >= 11 is 19.1. The average Bonchev–Trinajstić information content (AvgIpc) is 2.72. The molecular weight excluding hydrogens is 450 g/mol. The molecule has 0 N–H and O–H groups in total. The molecule has 0 aromatic heterocycles. The van der Waals surface area contributed by atoms with E-state index in [2.05, 4.69) is 0 Å². The highest BCUT2D eigenvalue weighted by atomic mass is 35.5. The zero-order valence-corrected chi connectivity index (χ0v) is 17.5. The van der Waals surface area contributed by atoms with Crippen molar-refractivity contribution in [1.29, 1.82) is 10.5 Å². The van der Waals surface area contributed by atoms with Gasteiger partial charge >= 0.3 is 0 Å². The van der Waals surface area contributed by atoms with Crippen molar-refractivity contribution >= 4 is 41.1 Å². The highest BCUT2D eigenvalue weighted by Crippen LogP contribution is 2.48. The molecule has 0 radical (unpaired) electrons. The topological polar surface area (TPSA) is 73.9 Å². The Labute approximate surface area is 187 Å². The van der Waals surface area contributed by atoms with E-state index in [-0.39, 0.29) is 34.1 Å². The fourth-order valence-electron chi connectivity index (χ4n) is 3.14. The number of allylic oxidation sites excluding steroid dienone is 3. The van der Waals surface area contributed by atoms with Gasteiger partial charge in [-0.1, -0.05) is 53.0 Å². The van der Waals surface area contributed by atoms with Gasteiger partial charge in [-0.25, -0.2) is 4.39 Å². The molecule has 150 valence electrons. The van der Waals surface area contributed by atoms with Crippen LogP contribution in [0.1, 0.15) is 22.6 Å². The van der Waals surface area contributed by atoms with Crippen LogP contribution < -0.4 is 4.74 Å². The van der Waals surface area contributed by atoms with Gasteiger partial charge < -0.3 is 9.53 Å². The number of hydrogen-bond acceptors (Lipinski definition) is 4. The SMILES string of the molecule is N#CC1=CC(Oc2c(Cl)ccc(CC=O)c2F)=CC(Cl)(Cl)C1c1cccc(C#N)c1. The van der Waals surface area contributed by atoms with Crippen LogP contribution in [0.15, 0.2) is 59.9 Å². The van der Waals surface area contributed by atoms with Gasteiger partial charge in [0.2, 0.25) is 0 Å². The van der Waals surface area contributed by atoms with Crippen LogP contribution in [0.3, 0.4) is 0 Å². The van der Waals surface area contributed by atoms with Gasteiger partial charge in [-0.15, -0.1) is 0 Å². The first-order chi connectivity index (χ1) is 14.3. The number of halogens is 4. The first-order valence-electron chi connectivity index (χ1n) is 8.61. The fraction of sp³-hybridized carbons (Fsp3) is 0.136. The molecule has 1 aliphatic carbocycles. The normalized spacial score (nSPS) is 17.2. The molecule has 0 fully saturated rings. The van der Waals surface area contributed by atoms with Crippen molar-refractivity contribution in [3.05, 3.63) is 87.4 Å². The minimum Gasteiger partial charge on any atom is -0.453 e. The molecule has 1 aliphatic rings. The van der Waals surface area contributed by atoms with Crippen molar-refractivity contribution < 1.29 is 13.9 Å². The summed E-state index contributed by atoms with van der Waals surface area (Å²) in [6.45, 7) is 0. The number of carbonyl (C=O) groups is 1. The number of rotatable bonds is 5. The third-order valence-corrected chi connectivity index (χ3v) is 5.41. The van der Waals surface area contributed by atoms with Crippen molar-refractivity contribution in [2.75, 3.05) is 0 Å². The van der Waals surface area contributed by atoms with E-state index in [1.54, 1.807) is 24.3 Å². The van der Waals surface area contributed by atoms with E-state index >= 15 is 0 Å². The summed E-state index contributed by atoms with van der Waals surface area (Å²) < 4.78 is 18.7. The zero-order chi connectivity index (χ0) is 21.9. The van der Waals surface area contributed by atoms with Gasteiger partial charge in [0.05, 0.1) is 28.6 Å². The molecule has 0 aliphatic heterocycles. The van der Waals surface area contributed by atoms with Gasteiger partial charge in [-0.2, -0.15) is 10.5 Å². The van der Waals surface area contributed by atoms with E-state index in [1.165, 1.54) is 24.3 Å². The van der Waals surface area contributed by atoms with Crippen LogP contribution in [0.5, 0.6) is 5.75 Å². The van der Waals surface area contributed by atoms with Crippen molar-refractivity contribution in [3.63, 3.8) is 0 Å². The quantitative estimate of drug-likeness (QED) is 0.418. The molecule has 1 atom stereocenters. The molecule has 0 bridgehead atoms. The lowest BCUT2D eigenvalue weighted by Gasteiger charge is -2.31. The molecule has 0 heterocycles. The van der Waals surface area contributed by atoms with Crippen LogP contribution in [-0.2, 0) is 11.2 Å². The summed E-state index contributed by atoms with van der Waals surface area (Å²) in [6, 6.07) is 13.4. The van der Waals surface area contributed by atoms with E-state index < -0.39 is 16.1 Å². The molecule has 8 heteroatoms. The Hall–Kier alpha value is -2.83. The second-order valence-electron chi connectivity index (χ2n) is 6.43. The number of ether oxygens (including phenoxy) is 1. The number of alkyl halides is 2. The molecular formula is C22H12Cl3FN2O2. The third-order valence-electron chi connectivity index (χ3n) is 4.46. The number of nitrogens with zero attached hydrogens (tertiary/aromatic N) is 2. The minimum absolute atomic E-state index is 0.0199. The van der Waals surface area contributed by atoms with Crippen LogP contribution in [0, 0.1) is 28.5 Å². The summed E-state index contributed by atoms with van der Waals surface area (Å²) in [5.74, 6) is -1.84. The summed E-state index contributed by atoms with van der Waals surface area (Å²) in [5, 5.41) is 18.8. The van der Waals surface area contributed by atoms with Crippen molar-refractivity contribution in [2.45, 2.75) is 16.7 Å². The summed E-state index contributed by atoms with van der Waals surface area (Å²) in [6.07, 6.45) is 3.13. The Morgan fingerprint density at radius 3 is 2.63 bits per heavy atom. The maximum absolute atomic E-state index is 14.7. The maximum atomic E-state index is 14.7. The second-order valence-corrected chi connectivity index (χ2v) is 8.28. The van der Waals surface area contributed by atoms with Gasteiger partial charge in [-0.05, 0) is 41.5 Å². The predicted molar refractivity (Wildman–Crippen MR) is 112 cm³/mol. The highest BCUT2D eigenvalue weighted by Gasteiger charge is 2.41. The lowest BCUT2D eigenvalue weighted by Crippen LogP contribution is -2.27. The smallest absolute Gasteiger partial charge is 0.181 e. The summed E-state index contributed by atoms with van der Waals surface area (Å²) in [4.78, 5) is 10.7. The van der Waals surface area contributed by atoms with E-state index in [4.69, 9.17) is 44.8 Å². The number of hydrogen-bond donors (Lipinski definition) is 0. The van der Waals surface area contributed by atoms with Crippen LogP contribution in [-0.4, -0.2) is 10.6 Å². The molecule has 1 unspecified atom stereocenters. The molecule has 2 aromatic carbocycles. The van der Waals surface area contributed by atoms with Gasteiger partial charge in [0.15, 0.2) is 15.9 Å². The molecule has 2 aromatic rings. The molecule has 0 saturated heterocycles. The Bertz CT molecular complexity index is 1160. The lowest BCUT2D eigenvalue weighted by molar-refractivity contribution is -0.107. The molecule has 0 spiro atoms. The third kappa shape index (κ3) is 4.35. The number of benzene rings is 2. The van der Waals surface area contributed by atoms with Crippen molar-refractivity contribution in [3.8, 4) is 17.9 Å². The zero-order valence-electron chi connectivity index (χ0n) is 15.2. The van der Waals surface area contributed by atoms with E-state index in [1.807, 2.05) is 12.1 Å². The molecule has 0 amide bonds. The van der Waals surface area contributed by atoms with E-state index in [0.717, 1.165) is 0 Å². The van der Waals surface area contributed by atoms with Crippen molar-refractivity contribution in [2.24, 2.45) is 0 Å². The minimum atomic E-state index is -1.62. The van der Waals surface area contributed by atoms with Crippen LogP contribution in [0.25, 0.3) is 0 Å². The van der Waals surface area contributed by atoms with Gasteiger partial charge in [0, 0.05) is 12.0 Å². The number of carbonyl (C=O) groups excluding carboxylic acids is 1. The Morgan fingerprint density at radius 2 is 1.97 bits per heavy atom. The molecule has 30 heavy (non-hydrogen) atoms. The summed E-state index contributed by atoms with van der Waals surface area (Å²) in [7, 11) is 0. The standard InChI is InChI=1S/C22H12Cl3FN2O2/c23-18-5-4-14(6-7-29)20(26)21(18)30-17-9-16(12-28)19(22(24,25)10-17)15-3-1-2-13(8-15)11-27/h1-5,7-10,19H,6H2. The average molecular weight is 462 g/mol. The predicted octanol–water partition coefficient (Wildman–Crippen LogP) is 5.78. The lowest BCUT2D eigenvalue weighted by atomic mass is 9.84. The molecule has 0 saturated carbocycles. The Morgan fingerprint density at radius 1 is 1.20 bits per heavy atom. The van der Waals surface area contributed by atoms with Gasteiger partial charge in [-0.3, -0.25) is 0 Å². The van der Waals surface area contributed by atoms with Crippen molar-refractivity contribution in [1.82, 2.24) is 0 Å². The number of aldehydes is 1. The largest absolute Gasteiger partial charge is 0.453 e. The van der Waals surface area contributed by atoms with Crippen LogP contribution in [0.4, 0.5) is 4.39 Å². The first-order valence-corrected chi connectivity index (χ1v) is 9.75. The Kier molecular flexibility index (Phi) is 6.48. The van der Waals surface area contributed by atoms with E-state index in [9.17, 15) is 14.4 Å². The van der Waals surface area contributed by atoms with Crippen LogP contribution >= 0.6 is 34.8 Å².